The Morgan fingerprint density at radius 2 is 2.00 bits per heavy atom. The SMILES string of the molecule is N=C(N)c1cccc(C(N)c2ncnc3cc(C(=O)N4CCC(N)C4)ccc23)c1. The molecule has 29 heavy (non-hydrogen) atoms. The van der Waals surface area contributed by atoms with Crippen molar-refractivity contribution in [2.75, 3.05) is 13.1 Å². The number of likely N-dealkylation sites (tertiary alicyclic amines) is 1. The van der Waals surface area contributed by atoms with Gasteiger partial charge in [-0.05, 0) is 30.2 Å². The molecule has 1 fully saturated rings. The second-order valence-corrected chi connectivity index (χ2v) is 7.31. The smallest absolute Gasteiger partial charge is 0.253 e. The fraction of sp³-hybridized carbons (Fsp3) is 0.238. The molecule has 0 radical (unpaired) electrons. The minimum Gasteiger partial charge on any atom is -0.384 e. The van der Waals surface area contributed by atoms with E-state index in [9.17, 15) is 4.79 Å². The maximum absolute atomic E-state index is 12.7. The molecule has 1 aliphatic heterocycles. The van der Waals surface area contributed by atoms with Crippen molar-refractivity contribution < 1.29 is 4.79 Å². The second-order valence-electron chi connectivity index (χ2n) is 7.31. The van der Waals surface area contributed by atoms with Gasteiger partial charge in [0.15, 0.2) is 0 Å². The largest absolute Gasteiger partial charge is 0.384 e. The van der Waals surface area contributed by atoms with Gasteiger partial charge < -0.3 is 22.1 Å². The van der Waals surface area contributed by atoms with E-state index < -0.39 is 6.04 Å². The van der Waals surface area contributed by atoms with E-state index >= 15 is 0 Å². The molecular formula is C21H23N7O. The van der Waals surface area contributed by atoms with Crippen LogP contribution in [0.5, 0.6) is 0 Å². The average molecular weight is 389 g/mol. The van der Waals surface area contributed by atoms with Crippen LogP contribution in [0.3, 0.4) is 0 Å². The van der Waals surface area contributed by atoms with Crippen LogP contribution in [0.1, 0.15) is 39.6 Å². The van der Waals surface area contributed by atoms with E-state index in [1.165, 1.54) is 6.33 Å². The molecule has 1 aliphatic rings. The number of nitrogen functional groups attached to an aromatic ring is 1. The first-order valence-corrected chi connectivity index (χ1v) is 9.43. The minimum atomic E-state index is -0.516. The summed E-state index contributed by atoms with van der Waals surface area (Å²) in [5.41, 5.74) is 21.3. The number of carbonyl (C=O) groups excluding carboxylic acids is 1. The lowest BCUT2D eigenvalue weighted by Gasteiger charge is -2.17. The highest BCUT2D eigenvalue weighted by Gasteiger charge is 2.25. The third-order valence-electron chi connectivity index (χ3n) is 5.28. The number of hydrogen-bond acceptors (Lipinski definition) is 6. The highest BCUT2D eigenvalue weighted by atomic mass is 16.2. The molecule has 2 atom stereocenters. The minimum absolute atomic E-state index is 0.0172. The Balaban J connectivity index is 1.68. The van der Waals surface area contributed by atoms with E-state index in [4.69, 9.17) is 22.6 Å². The molecule has 0 aliphatic carbocycles. The molecule has 4 rings (SSSR count). The molecule has 2 unspecified atom stereocenters. The van der Waals surface area contributed by atoms with Gasteiger partial charge in [-0.25, -0.2) is 9.97 Å². The number of carbonyl (C=O) groups is 1. The number of benzene rings is 2. The lowest BCUT2D eigenvalue weighted by Crippen LogP contribution is -2.31. The summed E-state index contributed by atoms with van der Waals surface area (Å²) in [5.74, 6) is -0.0603. The van der Waals surface area contributed by atoms with Crippen LogP contribution in [0.2, 0.25) is 0 Å². The van der Waals surface area contributed by atoms with Crippen molar-refractivity contribution in [3.05, 3.63) is 71.2 Å². The van der Waals surface area contributed by atoms with Crippen LogP contribution in [0, 0.1) is 5.41 Å². The standard InChI is InChI=1S/C21H23N7O/c22-15-6-7-28(10-15)21(29)14-4-5-16-17(9-14)26-11-27-19(16)18(23)12-2-1-3-13(8-12)20(24)25/h1-5,8-9,11,15,18H,6-7,10,22-23H2,(H3,24,25). The van der Waals surface area contributed by atoms with Gasteiger partial charge in [0.25, 0.3) is 5.91 Å². The predicted octanol–water partition coefficient (Wildman–Crippen LogP) is 1.14. The van der Waals surface area contributed by atoms with Crippen LogP contribution in [0.25, 0.3) is 10.9 Å². The summed E-state index contributed by atoms with van der Waals surface area (Å²) in [7, 11) is 0. The first kappa shape index (κ1) is 19.0. The first-order chi connectivity index (χ1) is 13.9. The van der Waals surface area contributed by atoms with Crippen LogP contribution in [-0.4, -0.2) is 45.7 Å². The first-order valence-electron chi connectivity index (χ1n) is 9.43. The number of nitrogens with one attached hydrogen (secondary N) is 1. The van der Waals surface area contributed by atoms with Gasteiger partial charge in [0.1, 0.15) is 12.2 Å². The zero-order valence-corrected chi connectivity index (χ0v) is 15.9. The number of fused-ring (bicyclic) bond motifs is 1. The summed E-state index contributed by atoms with van der Waals surface area (Å²) in [6, 6.07) is 12.1. The lowest BCUT2D eigenvalue weighted by molar-refractivity contribution is 0.0791. The van der Waals surface area contributed by atoms with Crippen molar-refractivity contribution in [2.24, 2.45) is 17.2 Å². The molecule has 7 N–H and O–H groups in total. The number of amides is 1. The van der Waals surface area contributed by atoms with Gasteiger partial charge in [-0.15, -0.1) is 0 Å². The number of rotatable bonds is 4. The van der Waals surface area contributed by atoms with E-state index in [0.717, 1.165) is 17.4 Å². The Kier molecular flexibility index (Phi) is 4.96. The highest BCUT2D eigenvalue weighted by Crippen LogP contribution is 2.26. The van der Waals surface area contributed by atoms with Crippen LogP contribution in [0.15, 0.2) is 48.8 Å². The van der Waals surface area contributed by atoms with Crippen LogP contribution in [-0.2, 0) is 0 Å². The second kappa shape index (κ2) is 7.57. The van der Waals surface area contributed by atoms with Crippen LogP contribution >= 0.6 is 0 Å². The summed E-state index contributed by atoms with van der Waals surface area (Å²) in [5, 5.41) is 8.40. The zero-order chi connectivity index (χ0) is 20.5. The fourth-order valence-electron chi connectivity index (χ4n) is 3.67. The Hall–Kier alpha value is -3.36. The summed E-state index contributed by atoms with van der Waals surface area (Å²) < 4.78 is 0. The van der Waals surface area contributed by atoms with Crippen molar-refractivity contribution >= 4 is 22.6 Å². The predicted molar refractivity (Wildman–Crippen MR) is 112 cm³/mol. The number of hydrogen-bond donors (Lipinski definition) is 4. The highest BCUT2D eigenvalue weighted by molar-refractivity contribution is 5.98. The zero-order valence-electron chi connectivity index (χ0n) is 15.9. The summed E-state index contributed by atoms with van der Waals surface area (Å²) in [6.45, 7) is 1.24. The third-order valence-corrected chi connectivity index (χ3v) is 5.28. The van der Waals surface area contributed by atoms with Gasteiger partial charge in [-0.1, -0.05) is 24.3 Å². The topological polar surface area (TPSA) is 148 Å². The lowest BCUT2D eigenvalue weighted by atomic mass is 9.98. The van der Waals surface area contributed by atoms with E-state index in [1.807, 2.05) is 18.2 Å². The van der Waals surface area contributed by atoms with Gasteiger partial charge in [0.2, 0.25) is 0 Å². The number of aromatic nitrogens is 2. The van der Waals surface area contributed by atoms with Crippen molar-refractivity contribution in [1.82, 2.24) is 14.9 Å². The van der Waals surface area contributed by atoms with Gasteiger partial charge in [-0.3, -0.25) is 10.2 Å². The van der Waals surface area contributed by atoms with Crippen molar-refractivity contribution in [2.45, 2.75) is 18.5 Å². The van der Waals surface area contributed by atoms with Gasteiger partial charge in [-0.2, -0.15) is 0 Å². The molecule has 0 bridgehead atoms. The van der Waals surface area contributed by atoms with Crippen molar-refractivity contribution in [3.8, 4) is 0 Å². The van der Waals surface area contributed by atoms with E-state index in [1.54, 1.807) is 29.2 Å². The van der Waals surface area contributed by atoms with Gasteiger partial charge in [0, 0.05) is 35.6 Å². The van der Waals surface area contributed by atoms with E-state index in [-0.39, 0.29) is 17.8 Å². The van der Waals surface area contributed by atoms with Crippen LogP contribution < -0.4 is 17.2 Å². The molecule has 8 heteroatoms. The summed E-state index contributed by atoms with van der Waals surface area (Å²) in [6.07, 6.45) is 2.27. The third kappa shape index (κ3) is 3.67. The monoisotopic (exact) mass is 389 g/mol. The molecule has 1 amide bonds. The number of nitrogens with two attached hydrogens (primary N) is 3. The average Bonchev–Trinajstić information content (AvgIpc) is 3.18. The number of nitrogens with zero attached hydrogens (tertiary/aromatic N) is 3. The molecule has 1 saturated heterocycles. The Labute approximate surface area is 168 Å². The van der Waals surface area contributed by atoms with Gasteiger partial charge in [0.05, 0.1) is 17.3 Å². The van der Waals surface area contributed by atoms with E-state index in [2.05, 4.69) is 9.97 Å². The van der Waals surface area contributed by atoms with E-state index in [0.29, 0.717) is 35.4 Å². The summed E-state index contributed by atoms with van der Waals surface area (Å²) in [4.78, 5) is 23.2. The Bertz CT molecular complexity index is 1100. The quantitative estimate of drug-likeness (QED) is 0.388. The molecule has 1 aromatic heterocycles. The molecular weight excluding hydrogens is 366 g/mol. The maximum atomic E-state index is 12.7. The number of amidine groups is 1. The Morgan fingerprint density at radius 3 is 2.72 bits per heavy atom. The summed E-state index contributed by atoms with van der Waals surface area (Å²) >= 11 is 0. The van der Waals surface area contributed by atoms with Gasteiger partial charge >= 0.3 is 0 Å². The molecule has 0 saturated carbocycles. The molecule has 3 aromatic rings. The maximum Gasteiger partial charge on any atom is 0.253 e. The molecule has 2 heterocycles. The van der Waals surface area contributed by atoms with Crippen molar-refractivity contribution in [3.63, 3.8) is 0 Å². The molecule has 148 valence electrons. The fourth-order valence-corrected chi connectivity index (χ4v) is 3.67. The molecule has 0 spiro atoms. The van der Waals surface area contributed by atoms with Crippen LogP contribution in [0.4, 0.5) is 0 Å². The Morgan fingerprint density at radius 1 is 1.17 bits per heavy atom. The molecule has 8 nitrogen and oxygen atoms in total. The normalized spacial score (nSPS) is 17.4. The molecule has 2 aromatic carbocycles. The van der Waals surface area contributed by atoms with Crippen molar-refractivity contribution in [1.29, 1.82) is 5.41 Å².